The number of thiophene rings is 1. The van der Waals surface area contributed by atoms with Crippen LogP contribution in [0.4, 0.5) is 0 Å². The molecule has 1 aromatic rings. The van der Waals surface area contributed by atoms with Crippen molar-refractivity contribution in [2.45, 2.75) is 19.8 Å². The summed E-state index contributed by atoms with van der Waals surface area (Å²) in [4.78, 5) is 13.6. The lowest BCUT2D eigenvalue weighted by molar-refractivity contribution is -0.130. The van der Waals surface area contributed by atoms with Gasteiger partial charge in [-0.15, -0.1) is 0 Å². The number of aliphatic hydroxyl groups is 1. The molecular formula is C11H17NO2S. The molecule has 0 bridgehead atoms. The normalized spacial score (nSPS) is 10.3. The number of hydrogen-bond donors (Lipinski definition) is 1. The fourth-order valence-electron chi connectivity index (χ4n) is 1.40. The highest BCUT2D eigenvalue weighted by Crippen LogP contribution is 2.08. The molecule has 0 fully saturated rings. The quantitative estimate of drug-likeness (QED) is 0.800. The third-order valence-electron chi connectivity index (χ3n) is 2.26. The monoisotopic (exact) mass is 227 g/mol. The Labute approximate surface area is 94.3 Å². The summed E-state index contributed by atoms with van der Waals surface area (Å²) in [5.74, 6) is 0.143. The molecule has 0 atom stereocenters. The fraction of sp³-hybridized carbons (Fsp3) is 0.545. The van der Waals surface area contributed by atoms with Crippen molar-refractivity contribution in [3.05, 3.63) is 22.4 Å². The number of likely N-dealkylation sites (N-methyl/N-ethyl adjacent to an activating group) is 1. The van der Waals surface area contributed by atoms with Gasteiger partial charge in [0.1, 0.15) is 0 Å². The van der Waals surface area contributed by atoms with Crippen LogP contribution in [-0.2, 0) is 11.2 Å². The van der Waals surface area contributed by atoms with E-state index in [1.54, 1.807) is 16.2 Å². The Hall–Kier alpha value is -0.870. The van der Waals surface area contributed by atoms with E-state index in [1.807, 2.05) is 23.8 Å². The first-order valence-electron chi connectivity index (χ1n) is 5.17. The summed E-state index contributed by atoms with van der Waals surface area (Å²) in [7, 11) is 0. The van der Waals surface area contributed by atoms with Crippen molar-refractivity contribution in [2.24, 2.45) is 0 Å². The average molecular weight is 227 g/mol. The second kappa shape index (κ2) is 6.58. The van der Waals surface area contributed by atoms with Crippen molar-refractivity contribution in [3.8, 4) is 0 Å². The van der Waals surface area contributed by atoms with Gasteiger partial charge < -0.3 is 10.0 Å². The molecule has 3 nitrogen and oxygen atoms in total. The lowest BCUT2D eigenvalue weighted by Crippen LogP contribution is -2.33. The van der Waals surface area contributed by atoms with Gasteiger partial charge in [-0.2, -0.15) is 11.3 Å². The van der Waals surface area contributed by atoms with Crippen LogP contribution in [0.5, 0.6) is 0 Å². The molecule has 0 saturated heterocycles. The van der Waals surface area contributed by atoms with Gasteiger partial charge in [-0.1, -0.05) is 0 Å². The maximum Gasteiger partial charge on any atom is 0.227 e. The van der Waals surface area contributed by atoms with Crippen LogP contribution in [0.2, 0.25) is 0 Å². The van der Waals surface area contributed by atoms with Gasteiger partial charge in [-0.3, -0.25) is 4.79 Å². The molecule has 0 aliphatic rings. The maximum absolute atomic E-state index is 11.8. The molecule has 0 aromatic carbocycles. The molecule has 0 aliphatic carbocycles. The number of hydrogen-bond acceptors (Lipinski definition) is 3. The van der Waals surface area contributed by atoms with Crippen LogP contribution in [0.25, 0.3) is 0 Å². The second-order valence-electron chi connectivity index (χ2n) is 3.36. The van der Waals surface area contributed by atoms with Gasteiger partial charge in [0.05, 0.1) is 6.42 Å². The van der Waals surface area contributed by atoms with Gasteiger partial charge in [-0.05, 0) is 35.7 Å². The van der Waals surface area contributed by atoms with Crippen molar-refractivity contribution in [1.29, 1.82) is 0 Å². The molecule has 0 aliphatic heterocycles. The minimum atomic E-state index is 0.141. The van der Waals surface area contributed by atoms with E-state index in [0.29, 0.717) is 25.9 Å². The van der Waals surface area contributed by atoms with Crippen LogP contribution in [-0.4, -0.2) is 35.6 Å². The van der Waals surface area contributed by atoms with E-state index in [0.717, 1.165) is 5.56 Å². The third kappa shape index (κ3) is 4.01. The van der Waals surface area contributed by atoms with E-state index < -0.39 is 0 Å². The molecular weight excluding hydrogens is 210 g/mol. The Kier molecular flexibility index (Phi) is 5.36. The number of rotatable bonds is 6. The zero-order chi connectivity index (χ0) is 11.1. The molecule has 0 spiro atoms. The van der Waals surface area contributed by atoms with E-state index in [2.05, 4.69) is 0 Å². The summed E-state index contributed by atoms with van der Waals surface area (Å²) >= 11 is 1.61. The first kappa shape index (κ1) is 12.2. The van der Waals surface area contributed by atoms with Crippen LogP contribution in [0.3, 0.4) is 0 Å². The van der Waals surface area contributed by atoms with Crippen LogP contribution in [0, 0.1) is 0 Å². The van der Waals surface area contributed by atoms with Crippen molar-refractivity contribution in [2.75, 3.05) is 19.7 Å². The standard InChI is InChI=1S/C11H17NO2S/c1-2-12(5-3-6-13)11(14)8-10-4-7-15-9-10/h4,7,9,13H,2-3,5-6,8H2,1H3. The SMILES string of the molecule is CCN(CCCO)C(=O)Cc1ccsc1. The summed E-state index contributed by atoms with van der Waals surface area (Å²) in [6.45, 7) is 3.46. The summed E-state index contributed by atoms with van der Waals surface area (Å²) in [5, 5.41) is 12.7. The largest absolute Gasteiger partial charge is 0.396 e. The molecule has 0 radical (unpaired) electrons. The van der Waals surface area contributed by atoms with E-state index in [1.165, 1.54) is 0 Å². The smallest absolute Gasteiger partial charge is 0.227 e. The second-order valence-corrected chi connectivity index (χ2v) is 4.14. The van der Waals surface area contributed by atoms with Crippen molar-refractivity contribution < 1.29 is 9.90 Å². The van der Waals surface area contributed by atoms with Gasteiger partial charge in [0.25, 0.3) is 0 Å². The van der Waals surface area contributed by atoms with Gasteiger partial charge in [0, 0.05) is 19.7 Å². The molecule has 1 amide bonds. The Balaban J connectivity index is 2.43. The zero-order valence-corrected chi connectivity index (χ0v) is 9.80. The van der Waals surface area contributed by atoms with E-state index in [4.69, 9.17) is 5.11 Å². The number of nitrogens with zero attached hydrogens (tertiary/aromatic N) is 1. The predicted octanol–water partition coefficient (Wildman–Crippen LogP) is 1.52. The Bertz CT molecular complexity index is 285. The Morgan fingerprint density at radius 1 is 1.60 bits per heavy atom. The van der Waals surface area contributed by atoms with E-state index in [9.17, 15) is 4.79 Å². The zero-order valence-electron chi connectivity index (χ0n) is 8.98. The van der Waals surface area contributed by atoms with Gasteiger partial charge in [-0.25, -0.2) is 0 Å². The molecule has 15 heavy (non-hydrogen) atoms. The minimum absolute atomic E-state index is 0.141. The van der Waals surface area contributed by atoms with Gasteiger partial charge in [0.2, 0.25) is 5.91 Å². The molecule has 0 saturated carbocycles. The molecule has 4 heteroatoms. The van der Waals surface area contributed by atoms with Crippen molar-refractivity contribution in [1.82, 2.24) is 4.90 Å². The topological polar surface area (TPSA) is 40.5 Å². The highest BCUT2D eigenvalue weighted by molar-refractivity contribution is 7.07. The van der Waals surface area contributed by atoms with Crippen LogP contribution < -0.4 is 0 Å². The first-order chi connectivity index (χ1) is 7.27. The van der Waals surface area contributed by atoms with E-state index in [-0.39, 0.29) is 12.5 Å². The van der Waals surface area contributed by atoms with E-state index >= 15 is 0 Å². The highest BCUT2D eigenvalue weighted by Gasteiger charge is 2.11. The molecule has 1 N–H and O–H groups in total. The summed E-state index contributed by atoms with van der Waals surface area (Å²) in [5.41, 5.74) is 1.08. The molecule has 1 heterocycles. The Morgan fingerprint density at radius 3 is 2.93 bits per heavy atom. The highest BCUT2D eigenvalue weighted by atomic mass is 32.1. The lowest BCUT2D eigenvalue weighted by Gasteiger charge is -2.20. The molecule has 1 aromatic heterocycles. The van der Waals surface area contributed by atoms with Gasteiger partial charge in [0.15, 0.2) is 0 Å². The number of aliphatic hydroxyl groups excluding tert-OH is 1. The van der Waals surface area contributed by atoms with Crippen molar-refractivity contribution in [3.63, 3.8) is 0 Å². The maximum atomic E-state index is 11.8. The fourth-order valence-corrected chi connectivity index (χ4v) is 2.07. The molecule has 1 rings (SSSR count). The molecule has 0 unspecified atom stereocenters. The van der Waals surface area contributed by atoms with Gasteiger partial charge >= 0.3 is 0 Å². The predicted molar refractivity (Wildman–Crippen MR) is 62.0 cm³/mol. The number of amides is 1. The van der Waals surface area contributed by atoms with Crippen LogP contribution in [0.15, 0.2) is 16.8 Å². The Morgan fingerprint density at radius 2 is 2.40 bits per heavy atom. The molecule has 84 valence electrons. The number of carbonyl (C=O) groups excluding carboxylic acids is 1. The summed E-state index contributed by atoms with van der Waals surface area (Å²) in [6, 6.07) is 1.97. The van der Waals surface area contributed by atoms with Crippen LogP contribution >= 0.6 is 11.3 Å². The minimum Gasteiger partial charge on any atom is -0.396 e. The number of carbonyl (C=O) groups is 1. The summed E-state index contributed by atoms with van der Waals surface area (Å²) < 4.78 is 0. The van der Waals surface area contributed by atoms with Crippen LogP contribution in [0.1, 0.15) is 18.9 Å². The van der Waals surface area contributed by atoms with Crippen molar-refractivity contribution >= 4 is 17.2 Å². The average Bonchev–Trinajstić information content (AvgIpc) is 2.71. The lowest BCUT2D eigenvalue weighted by atomic mass is 10.2. The summed E-state index contributed by atoms with van der Waals surface area (Å²) in [6.07, 6.45) is 1.13. The third-order valence-corrected chi connectivity index (χ3v) is 2.99. The first-order valence-corrected chi connectivity index (χ1v) is 6.12.